The van der Waals surface area contributed by atoms with Gasteiger partial charge in [-0.05, 0) is 36.4 Å². The topological polar surface area (TPSA) is 64.7 Å². The second-order valence-corrected chi connectivity index (χ2v) is 6.83. The highest BCUT2D eigenvalue weighted by atomic mass is 32.2. The summed E-state index contributed by atoms with van der Waals surface area (Å²) in [5.41, 5.74) is 1.47. The number of carbonyl (C=O) groups excluding carboxylic acids is 1. The lowest BCUT2D eigenvalue weighted by Gasteiger charge is -2.11. The second-order valence-electron chi connectivity index (χ2n) is 5.89. The first-order chi connectivity index (χ1) is 13.7. The lowest BCUT2D eigenvalue weighted by atomic mass is 10.2. The van der Waals surface area contributed by atoms with Gasteiger partial charge in [-0.25, -0.2) is 9.07 Å². The molecular formula is C20H16FN5OS. The van der Waals surface area contributed by atoms with E-state index in [0.29, 0.717) is 16.7 Å². The summed E-state index contributed by atoms with van der Waals surface area (Å²) in [4.78, 5) is 12.3. The van der Waals surface area contributed by atoms with Gasteiger partial charge in [0.1, 0.15) is 5.82 Å². The number of nitrogens with zero attached hydrogens (tertiary/aromatic N) is 4. The second kappa shape index (κ2) is 8.10. The highest BCUT2D eigenvalue weighted by Crippen LogP contribution is 2.24. The number of rotatable bonds is 6. The number of benzene rings is 2. The van der Waals surface area contributed by atoms with E-state index < -0.39 is 0 Å². The van der Waals surface area contributed by atoms with Crippen molar-refractivity contribution < 1.29 is 9.18 Å². The minimum atomic E-state index is -0.347. The van der Waals surface area contributed by atoms with Gasteiger partial charge in [-0.3, -0.25) is 9.47 Å². The number of hydrogen-bond acceptors (Lipinski definition) is 4. The Bertz CT molecular complexity index is 1060. The summed E-state index contributed by atoms with van der Waals surface area (Å²) < 4.78 is 16.7. The zero-order valence-electron chi connectivity index (χ0n) is 14.7. The Balaban J connectivity index is 1.54. The van der Waals surface area contributed by atoms with Crippen LogP contribution in [0.1, 0.15) is 0 Å². The quantitative estimate of drug-likeness (QED) is 0.504. The first-order valence-electron chi connectivity index (χ1n) is 8.53. The number of carbonyl (C=O) groups is 1. The number of anilines is 1. The Morgan fingerprint density at radius 3 is 2.39 bits per heavy atom. The molecular weight excluding hydrogens is 377 g/mol. The lowest BCUT2D eigenvalue weighted by molar-refractivity contribution is -0.113. The van der Waals surface area contributed by atoms with Crippen LogP contribution in [0, 0.1) is 5.82 Å². The minimum Gasteiger partial charge on any atom is -0.325 e. The van der Waals surface area contributed by atoms with Gasteiger partial charge < -0.3 is 5.32 Å². The molecule has 1 amide bonds. The van der Waals surface area contributed by atoms with Crippen LogP contribution in [0.2, 0.25) is 0 Å². The summed E-state index contributed by atoms with van der Waals surface area (Å²) in [5.74, 6) is 0.268. The largest absolute Gasteiger partial charge is 0.325 e. The first-order valence-corrected chi connectivity index (χ1v) is 9.52. The Morgan fingerprint density at radius 2 is 1.68 bits per heavy atom. The fourth-order valence-corrected chi connectivity index (χ4v) is 3.38. The number of hydrogen-bond donors (Lipinski definition) is 1. The molecule has 0 radical (unpaired) electrons. The van der Waals surface area contributed by atoms with Crippen molar-refractivity contribution in [1.29, 1.82) is 0 Å². The maximum atomic E-state index is 13.0. The maximum Gasteiger partial charge on any atom is 0.234 e. The molecule has 0 aliphatic heterocycles. The van der Waals surface area contributed by atoms with Gasteiger partial charge in [0, 0.05) is 23.6 Å². The van der Waals surface area contributed by atoms with E-state index in [0.717, 1.165) is 5.56 Å². The van der Waals surface area contributed by atoms with Crippen LogP contribution >= 0.6 is 11.8 Å². The van der Waals surface area contributed by atoms with E-state index in [2.05, 4.69) is 15.5 Å². The van der Waals surface area contributed by atoms with Crippen molar-refractivity contribution in [3.05, 3.63) is 84.9 Å². The van der Waals surface area contributed by atoms with E-state index in [4.69, 9.17) is 0 Å². The van der Waals surface area contributed by atoms with Crippen molar-refractivity contribution >= 4 is 23.4 Å². The third-order valence-electron chi connectivity index (χ3n) is 3.92. The molecule has 0 unspecified atom stereocenters. The molecule has 0 saturated heterocycles. The summed E-state index contributed by atoms with van der Waals surface area (Å²) in [7, 11) is 0. The highest BCUT2D eigenvalue weighted by Gasteiger charge is 2.16. The molecule has 2 aromatic heterocycles. The molecule has 0 saturated carbocycles. The molecule has 0 atom stereocenters. The average molecular weight is 393 g/mol. The van der Waals surface area contributed by atoms with E-state index in [1.807, 2.05) is 64.2 Å². The zero-order valence-corrected chi connectivity index (χ0v) is 15.5. The van der Waals surface area contributed by atoms with Crippen molar-refractivity contribution in [3.8, 4) is 11.4 Å². The highest BCUT2D eigenvalue weighted by molar-refractivity contribution is 7.99. The van der Waals surface area contributed by atoms with Gasteiger partial charge in [0.05, 0.1) is 5.75 Å². The number of aromatic nitrogens is 4. The molecule has 2 heterocycles. The van der Waals surface area contributed by atoms with Crippen LogP contribution in [0.3, 0.4) is 0 Å². The van der Waals surface area contributed by atoms with Gasteiger partial charge >= 0.3 is 0 Å². The maximum absolute atomic E-state index is 13.0. The fourth-order valence-electron chi connectivity index (χ4n) is 2.65. The molecule has 4 aromatic rings. The normalized spacial score (nSPS) is 10.8. The van der Waals surface area contributed by atoms with Crippen LogP contribution in [0.15, 0.2) is 84.3 Å². The smallest absolute Gasteiger partial charge is 0.234 e. The monoisotopic (exact) mass is 393 g/mol. The van der Waals surface area contributed by atoms with Gasteiger partial charge in [0.15, 0.2) is 5.82 Å². The average Bonchev–Trinajstić information content (AvgIpc) is 3.38. The standard InChI is InChI=1S/C20H16FN5OS/c21-16-8-10-17(11-9-16)22-18(27)14-28-20-24-23-19(15-6-2-1-3-7-15)26(20)25-12-4-5-13-25/h1-13H,14H2,(H,22,27). The predicted molar refractivity (Wildman–Crippen MR) is 106 cm³/mol. The van der Waals surface area contributed by atoms with Crippen LogP contribution in [0.25, 0.3) is 11.4 Å². The van der Waals surface area contributed by atoms with E-state index in [1.54, 1.807) is 0 Å². The molecule has 0 bridgehead atoms. The third kappa shape index (κ3) is 3.96. The van der Waals surface area contributed by atoms with Crippen LogP contribution in [-0.4, -0.2) is 31.2 Å². The SMILES string of the molecule is O=C(CSc1nnc(-c2ccccc2)n1-n1cccc1)Nc1ccc(F)cc1. The van der Waals surface area contributed by atoms with E-state index >= 15 is 0 Å². The Morgan fingerprint density at radius 1 is 0.964 bits per heavy atom. The van der Waals surface area contributed by atoms with Crippen molar-refractivity contribution in [3.63, 3.8) is 0 Å². The first kappa shape index (κ1) is 18.0. The summed E-state index contributed by atoms with van der Waals surface area (Å²) in [6.45, 7) is 0. The molecule has 0 aliphatic rings. The van der Waals surface area contributed by atoms with Crippen molar-refractivity contribution in [2.45, 2.75) is 5.16 Å². The molecule has 28 heavy (non-hydrogen) atoms. The van der Waals surface area contributed by atoms with Crippen LogP contribution in [0.5, 0.6) is 0 Å². The number of amides is 1. The van der Waals surface area contributed by atoms with E-state index in [1.165, 1.54) is 36.0 Å². The minimum absolute atomic E-state index is 0.144. The molecule has 0 fully saturated rings. The Kier molecular flexibility index (Phi) is 5.20. The molecule has 0 aliphatic carbocycles. The molecule has 1 N–H and O–H groups in total. The molecule has 2 aromatic carbocycles. The van der Waals surface area contributed by atoms with Gasteiger partial charge in [-0.2, -0.15) is 0 Å². The molecule has 4 rings (SSSR count). The van der Waals surface area contributed by atoms with Crippen molar-refractivity contribution in [1.82, 2.24) is 19.5 Å². The number of nitrogens with one attached hydrogen (secondary N) is 1. The number of halogens is 1. The Labute approximate surface area is 165 Å². The zero-order chi connectivity index (χ0) is 19.3. The molecule has 8 heteroatoms. The van der Waals surface area contributed by atoms with Gasteiger partial charge in [0.25, 0.3) is 0 Å². The lowest BCUT2D eigenvalue weighted by Crippen LogP contribution is -2.15. The van der Waals surface area contributed by atoms with Crippen molar-refractivity contribution in [2.75, 3.05) is 11.1 Å². The van der Waals surface area contributed by atoms with Crippen LogP contribution < -0.4 is 5.32 Å². The number of thioether (sulfide) groups is 1. The fraction of sp³-hybridized carbons (Fsp3) is 0.0500. The van der Waals surface area contributed by atoms with Crippen LogP contribution in [-0.2, 0) is 4.79 Å². The van der Waals surface area contributed by atoms with Gasteiger partial charge in [-0.15, -0.1) is 10.2 Å². The summed E-state index contributed by atoms with van der Waals surface area (Å²) in [6, 6.07) is 19.2. The molecule has 0 spiro atoms. The van der Waals surface area contributed by atoms with Crippen LogP contribution in [0.4, 0.5) is 10.1 Å². The molecule has 140 valence electrons. The summed E-state index contributed by atoms with van der Waals surface area (Å²) in [5, 5.41) is 11.9. The summed E-state index contributed by atoms with van der Waals surface area (Å²) in [6.07, 6.45) is 3.77. The van der Waals surface area contributed by atoms with Gasteiger partial charge in [0.2, 0.25) is 11.1 Å². The molecule has 6 nitrogen and oxygen atoms in total. The van der Waals surface area contributed by atoms with E-state index in [-0.39, 0.29) is 17.5 Å². The summed E-state index contributed by atoms with van der Waals surface area (Å²) >= 11 is 1.27. The van der Waals surface area contributed by atoms with Gasteiger partial charge in [-0.1, -0.05) is 42.1 Å². The predicted octanol–water partition coefficient (Wildman–Crippen LogP) is 3.93. The third-order valence-corrected chi connectivity index (χ3v) is 4.84. The van der Waals surface area contributed by atoms with Crippen molar-refractivity contribution in [2.24, 2.45) is 0 Å². The van der Waals surface area contributed by atoms with E-state index in [9.17, 15) is 9.18 Å². The Hall–Kier alpha value is -3.39.